The van der Waals surface area contributed by atoms with Gasteiger partial charge in [-0.1, -0.05) is 50.5 Å². The van der Waals surface area contributed by atoms with Crippen molar-refractivity contribution in [3.8, 4) is 17.0 Å². The van der Waals surface area contributed by atoms with Crippen molar-refractivity contribution in [2.45, 2.75) is 39.2 Å². The molecule has 138 valence electrons. The number of aromatic nitrogens is 2. The highest BCUT2D eigenvalue weighted by atomic mass is 16.5. The monoisotopic (exact) mass is 358 g/mol. The lowest BCUT2D eigenvalue weighted by molar-refractivity contribution is 0.413. The molecule has 3 nitrogen and oxygen atoms in total. The molecular formula is C24H26N2O. The number of ether oxygens (including phenoxy) is 1. The summed E-state index contributed by atoms with van der Waals surface area (Å²) in [6, 6.07) is 19.4. The van der Waals surface area contributed by atoms with Gasteiger partial charge in [-0.05, 0) is 36.8 Å². The average molecular weight is 358 g/mol. The molecule has 0 amide bonds. The van der Waals surface area contributed by atoms with Crippen LogP contribution in [0, 0.1) is 0 Å². The van der Waals surface area contributed by atoms with Crippen LogP contribution in [0.1, 0.15) is 32.6 Å². The first kappa shape index (κ1) is 17.6. The number of aryl methyl sites for hydroxylation is 1. The molecule has 0 spiro atoms. The van der Waals surface area contributed by atoms with Gasteiger partial charge in [0.15, 0.2) is 0 Å². The van der Waals surface area contributed by atoms with Gasteiger partial charge >= 0.3 is 0 Å². The summed E-state index contributed by atoms with van der Waals surface area (Å²) in [6.45, 7) is 3.33. The van der Waals surface area contributed by atoms with E-state index in [1.165, 1.54) is 47.5 Å². The Morgan fingerprint density at radius 2 is 1.74 bits per heavy atom. The summed E-state index contributed by atoms with van der Waals surface area (Å²) in [4.78, 5) is 4.55. The van der Waals surface area contributed by atoms with Gasteiger partial charge in [0.25, 0.3) is 0 Å². The number of hydrogen-bond acceptors (Lipinski definition) is 2. The smallest absolute Gasteiger partial charge is 0.137 e. The summed E-state index contributed by atoms with van der Waals surface area (Å²) >= 11 is 0. The Kier molecular flexibility index (Phi) is 5.10. The summed E-state index contributed by atoms with van der Waals surface area (Å²) in [5.74, 6) is 0.781. The van der Waals surface area contributed by atoms with Crippen LogP contribution in [0.4, 0.5) is 0 Å². The van der Waals surface area contributed by atoms with Crippen LogP contribution in [-0.4, -0.2) is 16.7 Å². The number of unbranched alkanes of at least 4 members (excludes halogenated alkanes) is 3. The standard InChI is InChI=1S/C24H26N2O/c1-3-4-5-8-15-26-23-10-7-6-9-20(23)21-16-18(11-14-24(21)26)22-13-12-19(27-2)17-25-22/h6-7,9-14,16-17H,3-5,8,15H2,1-2H3. The quantitative estimate of drug-likeness (QED) is 0.355. The van der Waals surface area contributed by atoms with Crippen LogP contribution in [0.2, 0.25) is 0 Å². The highest BCUT2D eigenvalue weighted by molar-refractivity contribution is 6.09. The van der Waals surface area contributed by atoms with E-state index >= 15 is 0 Å². The molecule has 2 aromatic heterocycles. The van der Waals surface area contributed by atoms with Gasteiger partial charge in [0.2, 0.25) is 0 Å². The first-order valence-corrected chi connectivity index (χ1v) is 9.83. The van der Waals surface area contributed by atoms with Gasteiger partial charge in [-0.2, -0.15) is 0 Å². The molecule has 2 aromatic carbocycles. The molecule has 0 aliphatic carbocycles. The zero-order valence-corrected chi connectivity index (χ0v) is 16.1. The van der Waals surface area contributed by atoms with Crippen molar-refractivity contribution in [3.05, 3.63) is 60.8 Å². The lowest BCUT2D eigenvalue weighted by Crippen LogP contribution is -1.97. The van der Waals surface area contributed by atoms with Crippen LogP contribution in [0.25, 0.3) is 33.1 Å². The average Bonchev–Trinajstić information content (AvgIpc) is 3.04. The second kappa shape index (κ2) is 7.83. The third kappa shape index (κ3) is 3.42. The maximum absolute atomic E-state index is 5.23. The van der Waals surface area contributed by atoms with Crippen molar-refractivity contribution in [1.82, 2.24) is 9.55 Å². The normalized spacial score (nSPS) is 11.3. The lowest BCUT2D eigenvalue weighted by atomic mass is 10.1. The van der Waals surface area contributed by atoms with Gasteiger partial charge in [-0.3, -0.25) is 4.98 Å². The molecule has 4 rings (SSSR count). The Labute approximate surface area is 160 Å². The third-order valence-corrected chi connectivity index (χ3v) is 5.28. The molecule has 0 unspecified atom stereocenters. The van der Waals surface area contributed by atoms with Crippen LogP contribution < -0.4 is 4.74 Å². The Morgan fingerprint density at radius 3 is 2.52 bits per heavy atom. The molecule has 0 atom stereocenters. The number of benzene rings is 2. The Balaban J connectivity index is 1.77. The zero-order valence-electron chi connectivity index (χ0n) is 16.1. The van der Waals surface area contributed by atoms with Gasteiger partial charge in [0.05, 0.1) is 19.0 Å². The fourth-order valence-electron chi connectivity index (χ4n) is 3.82. The molecule has 2 heterocycles. The van der Waals surface area contributed by atoms with Gasteiger partial charge in [0, 0.05) is 33.9 Å². The second-order valence-electron chi connectivity index (χ2n) is 7.04. The van der Waals surface area contributed by atoms with Crippen molar-refractivity contribution < 1.29 is 4.74 Å². The fourth-order valence-corrected chi connectivity index (χ4v) is 3.82. The van der Waals surface area contributed by atoms with Crippen molar-refractivity contribution in [2.24, 2.45) is 0 Å². The first-order chi connectivity index (χ1) is 13.3. The Bertz CT molecular complexity index is 1050. The van der Waals surface area contributed by atoms with Crippen molar-refractivity contribution in [3.63, 3.8) is 0 Å². The van der Waals surface area contributed by atoms with E-state index in [4.69, 9.17) is 4.74 Å². The summed E-state index contributed by atoms with van der Waals surface area (Å²) in [7, 11) is 1.66. The minimum Gasteiger partial charge on any atom is -0.495 e. The number of rotatable bonds is 7. The van der Waals surface area contributed by atoms with Crippen molar-refractivity contribution >= 4 is 21.8 Å². The molecule has 0 fully saturated rings. The van der Waals surface area contributed by atoms with E-state index in [0.29, 0.717) is 0 Å². The summed E-state index contributed by atoms with van der Waals surface area (Å²) in [6.07, 6.45) is 6.87. The molecule has 27 heavy (non-hydrogen) atoms. The zero-order chi connectivity index (χ0) is 18.6. The van der Waals surface area contributed by atoms with Crippen molar-refractivity contribution in [1.29, 1.82) is 0 Å². The van der Waals surface area contributed by atoms with Crippen LogP contribution in [0.3, 0.4) is 0 Å². The molecule has 0 aliphatic heterocycles. The lowest BCUT2D eigenvalue weighted by Gasteiger charge is -2.08. The third-order valence-electron chi connectivity index (χ3n) is 5.28. The van der Waals surface area contributed by atoms with E-state index in [0.717, 1.165) is 23.6 Å². The molecule has 0 radical (unpaired) electrons. The molecule has 0 N–H and O–H groups in total. The number of methoxy groups -OCH3 is 1. The molecule has 0 saturated heterocycles. The van der Waals surface area contributed by atoms with Crippen molar-refractivity contribution in [2.75, 3.05) is 7.11 Å². The van der Waals surface area contributed by atoms with Crippen LogP contribution in [-0.2, 0) is 6.54 Å². The molecule has 4 aromatic rings. The van der Waals surface area contributed by atoms with Gasteiger partial charge in [0.1, 0.15) is 5.75 Å². The first-order valence-electron chi connectivity index (χ1n) is 9.83. The fraction of sp³-hybridized carbons (Fsp3) is 0.292. The maximum atomic E-state index is 5.23. The molecule has 0 saturated carbocycles. The van der Waals surface area contributed by atoms with Crippen LogP contribution >= 0.6 is 0 Å². The van der Waals surface area contributed by atoms with Gasteiger partial charge in [-0.25, -0.2) is 0 Å². The summed E-state index contributed by atoms with van der Waals surface area (Å²) < 4.78 is 7.70. The summed E-state index contributed by atoms with van der Waals surface area (Å²) in [5.41, 5.74) is 4.74. The largest absolute Gasteiger partial charge is 0.495 e. The highest BCUT2D eigenvalue weighted by Gasteiger charge is 2.11. The minimum absolute atomic E-state index is 0.781. The molecular weight excluding hydrogens is 332 g/mol. The maximum Gasteiger partial charge on any atom is 0.137 e. The molecule has 0 bridgehead atoms. The Morgan fingerprint density at radius 1 is 0.889 bits per heavy atom. The van der Waals surface area contributed by atoms with Gasteiger partial charge in [-0.15, -0.1) is 0 Å². The Hall–Kier alpha value is -2.81. The predicted molar refractivity (Wildman–Crippen MR) is 113 cm³/mol. The van der Waals surface area contributed by atoms with Crippen LogP contribution in [0.5, 0.6) is 5.75 Å². The number of nitrogens with zero attached hydrogens (tertiary/aromatic N) is 2. The number of para-hydroxylation sites is 1. The van der Waals surface area contributed by atoms with E-state index in [9.17, 15) is 0 Å². The van der Waals surface area contributed by atoms with E-state index < -0.39 is 0 Å². The summed E-state index contributed by atoms with van der Waals surface area (Å²) in [5, 5.41) is 2.62. The molecule has 3 heteroatoms. The predicted octanol–water partition coefficient (Wildman–Crippen LogP) is 6.45. The van der Waals surface area contributed by atoms with E-state index in [1.54, 1.807) is 13.3 Å². The number of fused-ring (bicyclic) bond motifs is 3. The van der Waals surface area contributed by atoms with E-state index in [2.05, 4.69) is 58.9 Å². The SMILES string of the molecule is CCCCCCn1c2ccccc2c2cc(-c3ccc(OC)cn3)ccc21. The molecule has 0 aliphatic rings. The number of pyridine rings is 1. The highest BCUT2D eigenvalue weighted by Crippen LogP contribution is 2.32. The topological polar surface area (TPSA) is 27.1 Å². The van der Waals surface area contributed by atoms with E-state index in [1.807, 2.05) is 12.1 Å². The van der Waals surface area contributed by atoms with E-state index in [-0.39, 0.29) is 0 Å². The minimum atomic E-state index is 0.781. The van der Waals surface area contributed by atoms with Gasteiger partial charge < -0.3 is 9.30 Å². The second-order valence-corrected chi connectivity index (χ2v) is 7.04. The number of hydrogen-bond donors (Lipinski definition) is 0. The van der Waals surface area contributed by atoms with Crippen LogP contribution in [0.15, 0.2) is 60.8 Å².